The number of carboxylic acid groups (broad SMARTS) is 1. The molecule has 6 heteroatoms. The van der Waals surface area contributed by atoms with Crippen LogP contribution in [0.25, 0.3) is 0 Å². The predicted octanol–water partition coefficient (Wildman–Crippen LogP) is 6.69. The fourth-order valence-electron chi connectivity index (χ4n) is 3.96. The number of phenols is 1. The van der Waals surface area contributed by atoms with Crippen LogP contribution in [0.5, 0.6) is 11.5 Å². The number of ether oxygens (including phenoxy) is 1. The number of hydrogen-bond donors (Lipinski definition) is 2. The van der Waals surface area contributed by atoms with Gasteiger partial charge in [0.05, 0.1) is 12.0 Å². The largest absolute Gasteiger partial charge is 0.548 e. The summed E-state index contributed by atoms with van der Waals surface area (Å²) >= 11 is 0. The minimum Gasteiger partial charge on any atom is -0.548 e. The smallest absolute Gasteiger partial charge is 0.220 e. The molecular formula is C32H48NO5-. The maximum atomic E-state index is 11.5. The molecule has 1 amide bonds. The summed E-state index contributed by atoms with van der Waals surface area (Å²) in [6.07, 6.45) is 16.9. The highest BCUT2D eigenvalue weighted by atomic mass is 16.5. The van der Waals surface area contributed by atoms with Gasteiger partial charge in [-0.25, -0.2) is 0 Å². The Morgan fingerprint density at radius 3 is 1.79 bits per heavy atom. The Kier molecular flexibility index (Phi) is 19.1. The van der Waals surface area contributed by atoms with E-state index >= 15 is 0 Å². The van der Waals surface area contributed by atoms with Crippen LogP contribution in [0.4, 0.5) is 0 Å². The SMILES string of the molecule is CCCCCCCCCCCCCCCC(=O)N[C@@H](C)C(=O)[O-].Oc1ccc(OCc2ccccc2)cc1. The Balaban J connectivity index is 0.000000411. The first-order chi connectivity index (χ1) is 18.4. The third-order valence-electron chi connectivity index (χ3n) is 6.32. The number of benzene rings is 2. The molecule has 0 spiro atoms. The number of aromatic hydroxyl groups is 1. The number of rotatable bonds is 19. The lowest BCUT2D eigenvalue weighted by Gasteiger charge is -2.14. The molecule has 0 radical (unpaired) electrons. The molecule has 2 aromatic carbocycles. The van der Waals surface area contributed by atoms with E-state index < -0.39 is 12.0 Å². The minimum atomic E-state index is -1.23. The van der Waals surface area contributed by atoms with Gasteiger partial charge in [-0.2, -0.15) is 0 Å². The maximum Gasteiger partial charge on any atom is 0.220 e. The number of unbranched alkanes of at least 4 members (excludes halogenated alkanes) is 12. The summed E-state index contributed by atoms with van der Waals surface area (Å²) in [5.41, 5.74) is 1.13. The predicted molar refractivity (Wildman–Crippen MR) is 152 cm³/mol. The topological polar surface area (TPSA) is 98.7 Å². The van der Waals surface area contributed by atoms with Gasteiger partial charge in [0.15, 0.2) is 0 Å². The molecule has 2 aromatic rings. The van der Waals surface area contributed by atoms with Gasteiger partial charge in [-0.1, -0.05) is 114 Å². The maximum absolute atomic E-state index is 11.5. The third-order valence-corrected chi connectivity index (χ3v) is 6.32. The van der Waals surface area contributed by atoms with Gasteiger partial charge in [0.2, 0.25) is 5.91 Å². The van der Waals surface area contributed by atoms with Crippen LogP contribution in [-0.2, 0) is 16.2 Å². The van der Waals surface area contributed by atoms with Gasteiger partial charge >= 0.3 is 0 Å². The van der Waals surface area contributed by atoms with Gasteiger partial charge < -0.3 is 25.1 Å². The van der Waals surface area contributed by atoms with Crippen molar-refractivity contribution in [2.24, 2.45) is 0 Å². The van der Waals surface area contributed by atoms with E-state index in [1.807, 2.05) is 30.3 Å². The van der Waals surface area contributed by atoms with Gasteiger partial charge in [0.25, 0.3) is 0 Å². The van der Waals surface area contributed by atoms with Gasteiger partial charge in [-0.15, -0.1) is 0 Å². The summed E-state index contributed by atoms with van der Waals surface area (Å²) in [6, 6.07) is 15.8. The van der Waals surface area contributed by atoms with E-state index in [9.17, 15) is 14.7 Å². The molecule has 6 nitrogen and oxygen atoms in total. The number of hydrogen-bond acceptors (Lipinski definition) is 5. The molecule has 0 aliphatic carbocycles. The van der Waals surface area contributed by atoms with Crippen molar-refractivity contribution in [3.05, 3.63) is 60.2 Å². The van der Waals surface area contributed by atoms with Crippen molar-refractivity contribution < 1.29 is 24.5 Å². The summed E-state index contributed by atoms with van der Waals surface area (Å²) in [6.45, 7) is 4.23. The minimum absolute atomic E-state index is 0.190. The normalized spacial score (nSPS) is 11.2. The van der Waals surface area contributed by atoms with E-state index in [-0.39, 0.29) is 11.7 Å². The number of carbonyl (C=O) groups is 2. The Bertz CT molecular complexity index is 854. The van der Waals surface area contributed by atoms with E-state index in [4.69, 9.17) is 9.84 Å². The molecule has 2 N–H and O–H groups in total. The van der Waals surface area contributed by atoms with Crippen LogP contribution < -0.4 is 15.2 Å². The van der Waals surface area contributed by atoms with Crippen molar-refractivity contribution in [3.8, 4) is 11.5 Å². The molecule has 0 aromatic heterocycles. The lowest BCUT2D eigenvalue weighted by atomic mass is 10.0. The zero-order chi connectivity index (χ0) is 27.8. The number of phenolic OH excluding ortho intramolecular Hbond substituents is 1. The van der Waals surface area contributed by atoms with Crippen molar-refractivity contribution >= 4 is 11.9 Å². The third kappa shape index (κ3) is 18.3. The quantitative estimate of drug-likeness (QED) is 0.199. The van der Waals surface area contributed by atoms with Crippen molar-refractivity contribution in [2.45, 2.75) is 116 Å². The molecule has 2 rings (SSSR count). The van der Waals surface area contributed by atoms with E-state index in [2.05, 4.69) is 12.2 Å². The summed E-state index contributed by atoms with van der Waals surface area (Å²) in [7, 11) is 0. The van der Waals surface area contributed by atoms with Crippen molar-refractivity contribution in [3.63, 3.8) is 0 Å². The average molecular weight is 527 g/mol. The molecule has 0 heterocycles. The van der Waals surface area contributed by atoms with Crippen molar-refractivity contribution in [1.29, 1.82) is 0 Å². The number of carboxylic acids is 1. The first kappa shape index (κ1) is 33.0. The molecule has 0 saturated carbocycles. The Morgan fingerprint density at radius 1 is 0.789 bits per heavy atom. The molecule has 212 valence electrons. The van der Waals surface area contributed by atoms with Crippen LogP contribution in [0.3, 0.4) is 0 Å². The van der Waals surface area contributed by atoms with Gasteiger partial charge in [-0.05, 0) is 43.2 Å². The molecular weight excluding hydrogens is 478 g/mol. The van der Waals surface area contributed by atoms with Gasteiger partial charge in [-0.3, -0.25) is 4.79 Å². The fourth-order valence-corrected chi connectivity index (χ4v) is 3.96. The van der Waals surface area contributed by atoms with Crippen LogP contribution in [0, 0.1) is 0 Å². The zero-order valence-electron chi connectivity index (χ0n) is 23.5. The van der Waals surface area contributed by atoms with Crippen molar-refractivity contribution in [1.82, 2.24) is 5.32 Å². The monoisotopic (exact) mass is 526 g/mol. The van der Waals surface area contributed by atoms with Crippen LogP contribution in [-0.4, -0.2) is 23.0 Å². The van der Waals surface area contributed by atoms with Gasteiger partial charge in [0.1, 0.15) is 18.1 Å². The first-order valence-electron chi connectivity index (χ1n) is 14.4. The summed E-state index contributed by atoms with van der Waals surface area (Å²) in [4.78, 5) is 22.0. The van der Waals surface area contributed by atoms with Crippen LogP contribution in [0.1, 0.15) is 109 Å². The van der Waals surface area contributed by atoms with Crippen LogP contribution in [0.2, 0.25) is 0 Å². The lowest BCUT2D eigenvalue weighted by molar-refractivity contribution is -0.307. The van der Waals surface area contributed by atoms with E-state index in [0.29, 0.717) is 13.0 Å². The highest BCUT2D eigenvalue weighted by Crippen LogP contribution is 2.17. The first-order valence-corrected chi connectivity index (χ1v) is 14.4. The second-order valence-corrected chi connectivity index (χ2v) is 9.87. The fraction of sp³-hybridized carbons (Fsp3) is 0.562. The van der Waals surface area contributed by atoms with Gasteiger partial charge in [0, 0.05) is 6.42 Å². The second kappa shape index (κ2) is 22.0. The Labute approximate surface area is 229 Å². The molecule has 0 aliphatic heterocycles. The Morgan fingerprint density at radius 2 is 1.29 bits per heavy atom. The van der Waals surface area contributed by atoms with Crippen molar-refractivity contribution in [2.75, 3.05) is 0 Å². The summed E-state index contributed by atoms with van der Waals surface area (Å²) in [5.74, 6) is -0.410. The standard InChI is InChI=1S/C19H37NO3.C13H12O2/c1-3-4-5-6-7-8-9-10-11-12-13-14-15-16-18(21)20-17(2)19(22)23;14-12-6-8-13(9-7-12)15-10-11-4-2-1-3-5-11/h17H,3-16H2,1-2H3,(H,20,21)(H,22,23);1-9,14H,10H2/p-1/t17-;/m0./s1. The van der Waals surface area contributed by atoms with Crippen LogP contribution in [0.15, 0.2) is 54.6 Å². The van der Waals surface area contributed by atoms with Crippen LogP contribution >= 0.6 is 0 Å². The zero-order valence-corrected chi connectivity index (χ0v) is 23.5. The summed E-state index contributed by atoms with van der Waals surface area (Å²) < 4.78 is 5.54. The number of amides is 1. The molecule has 0 fully saturated rings. The molecule has 0 saturated heterocycles. The molecule has 38 heavy (non-hydrogen) atoms. The van der Waals surface area contributed by atoms with E-state index in [0.717, 1.165) is 24.2 Å². The average Bonchev–Trinajstić information content (AvgIpc) is 2.92. The number of carbonyl (C=O) groups excluding carboxylic acids is 2. The highest BCUT2D eigenvalue weighted by Gasteiger charge is 2.07. The second-order valence-electron chi connectivity index (χ2n) is 9.87. The molecule has 0 bridgehead atoms. The molecule has 0 aliphatic rings. The summed E-state index contributed by atoms with van der Waals surface area (Å²) in [5, 5.41) is 22.0. The van der Waals surface area contributed by atoms with E-state index in [1.54, 1.807) is 24.3 Å². The molecule has 1 atom stereocenters. The number of nitrogens with one attached hydrogen (secondary N) is 1. The lowest BCUT2D eigenvalue weighted by Crippen LogP contribution is -2.45. The number of aliphatic carboxylic acids is 1. The molecule has 0 unspecified atom stereocenters. The Hall–Kier alpha value is -3.02. The van der Waals surface area contributed by atoms with E-state index in [1.165, 1.54) is 77.6 Å². The highest BCUT2D eigenvalue weighted by molar-refractivity contribution is 5.82.